The van der Waals surface area contributed by atoms with E-state index in [0.29, 0.717) is 6.04 Å². The first-order chi connectivity index (χ1) is 13.3. The fourth-order valence-electron chi connectivity index (χ4n) is 5.10. The van der Waals surface area contributed by atoms with Gasteiger partial charge in [-0.2, -0.15) is 4.98 Å². The molecule has 5 rings (SSSR count). The molecule has 1 aliphatic carbocycles. The number of fused-ring (bicyclic) bond motifs is 3. The molecule has 0 radical (unpaired) electrons. The zero-order valence-corrected chi connectivity index (χ0v) is 16.4. The van der Waals surface area contributed by atoms with E-state index in [1.165, 1.54) is 44.9 Å². The molecule has 1 atom stereocenters. The lowest BCUT2D eigenvalue weighted by Gasteiger charge is -2.41. The van der Waals surface area contributed by atoms with Crippen LogP contribution in [0.25, 0.3) is 5.69 Å². The van der Waals surface area contributed by atoms with Crippen molar-refractivity contribution < 1.29 is 0 Å². The van der Waals surface area contributed by atoms with Crippen LogP contribution in [-0.2, 0) is 0 Å². The Morgan fingerprint density at radius 2 is 1.81 bits per heavy atom. The van der Waals surface area contributed by atoms with E-state index in [0.717, 1.165) is 48.6 Å². The number of anilines is 2. The largest absolute Gasteiger partial charge is 0.341 e. The van der Waals surface area contributed by atoms with Gasteiger partial charge < -0.3 is 9.80 Å². The van der Waals surface area contributed by atoms with E-state index in [1.807, 2.05) is 13.1 Å². The first kappa shape index (κ1) is 17.0. The van der Waals surface area contributed by atoms with Crippen molar-refractivity contribution in [2.24, 2.45) is 0 Å². The van der Waals surface area contributed by atoms with Gasteiger partial charge in [-0.25, -0.2) is 4.98 Å². The van der Waals surface area contributed by atoms with E-state index in [1.54, 1.807) is 0 Å². The second-order valence-electron chi connectivity index (χ2n) is 8.14. The zero-order chi connectivity index (χ0) is 18.4. The summed E-state index contributed by atoms with van der Waals surface area (Å²) in [5, 5.41) is 8.94. The Morgan fingerprint density at radius 3 is 2.56 bits per heavy atom. The van der Waals surface area contributed by atoms with E-state index in [-0.39, 0.29) is 6.04 Å². The molecular weight excluding hydrogens is 338 g/mol. The molecule has 1 saturated carbocycles. The lowest BCUT2D eigenvalue weighted by molar-refractivity contribution is 0.467. The minimum Gasteiger partial charge on any atom is -0.341 e. The Labute approximate surface area is 160 Å². The second kappa shape index (κ2) is 6.77. The molecule has 2 aromatic rings. The van der Waals surface area contributed by atoms with Gasteiger partial charge in [-0.1, -0.05) is 19.8 Å². The molecule has 0 spiro atoms. The van der Waals surface area contributed by atoms with Crippen LogP contribution in [0.3, 0.4) is 0 Å². The van der Waals surface area contributed by atoms with Gasteiger partial charge in [0.15, 0.2) is 11.6 Å². The molecule has 0 aromatic carbocycles. The molecule has 144 valence electrons. The van der Waals surface area contributed by atoms with Crippen molar-refractivity contribution in [3.05, 3.63) is 17.8 Å². The average Bonchev–Trinajstić information content (AvgIpc) is 3.37. The number of rotatable bonds is 3. The van der Waals surface area contributed by atoms with Gasteiger partial charge in [0.2, 0.25) is 5.95 Å². The molecule has 4 heterocycles. The monoisotopic (exact) mass is 367 g/mol. The minimum absolute atomic E-state index is 0.242. The highest BCUT2D eigenvalue weighted by atomic mass is 15.4. The number of aromatic nitrogens is 5. The summed E-state index contributed by atoms with van der Waals surface area (Å²) in [5.74, 6) is 3.94. The van der Waals surface area contributed by atoms with Crippen LogP contribution in [0.1, 0.15) is 76.0 Å². The third-order valence-electron chi connectivity index (χ3n) is 6.45. The molecule has 3 aliphatic rings. The number of piperidine rings is 1. The van der Waals surface area contributed by atoms with Gasteiger partial charge in [0.05, 0.1) is 12.2 Å². The van der Waals surface area contributed by atoms with Crippen LogP contribution in [0.5, 0.6) is 0 Å². The van der Waals surface area contributed by atoms with Crippen LogP contribution in [0.15, 0.2) is 6.20 Å². The summed E-state index contributed by atoms with van der Waals surface area (Å²) >= 11 is 0. The molecule has 2 aromatic heterocycles. The molecule has 0 bridgehead atoms. The first-order valence-corrected chi connectivity index (χ1v) is 10.6. The van der Waals surface area contributed by atoms with Crippen LogP contribution < -0.4 is 9.80 Å². The van der Waals surface area contributed by atoms with E-state index in [9.17, 15) is 0 Å². The summed E-state index contributed by atoms with van der Waals surface area (Å²) < 4.78 is 2.18. The standard InChI is InChI=1S/C20H29N7/c1-3-16-19-24-23-14(2)26(19)17-13-21-20(25-11-7-4-8-12-25)22-18(17)27(16)15-9-5-6-10-15/h13,15-16H,3-12H2,1-2H3. The number of hydrogen-bond donors (Lipinski definition) is 0. The van der Waals surface area contributed by atoms with Crippen LogP contribution >= 0.6 is 0 Å². The fourth-order valence-corrected chi connectivity index (χ4v) is 5.10. The van der Waals surface area contributed by atoms with Gasteiger partial charge in [-0.15, -0.1) is 10.2 Å². The molecule has 2 fully saturated rings. The van der Waals surface area contributed by atoms with Crippen molar-refractivity contribution in [2.45, 2.75) is 77.3 Å². The molecule has 2 aliphatic heterocycles. The van der Waals surface area contributed by atoms with E-state index in [2.05, 4.69) is 31.5 Å². The van der Waals surface area contributed by atoms with Gasteiger partial charge in [0.1, 0.15) is 11.5 Å². The maximum atomic E-state index is 5.15. The molecule has 0 N–H and O–H groups in total. The van der Waals surface area contributed by atoms with Gasteiger partial charge in [-0.05, 0) is 45.4 Å². The normalized spacial score (nSPS) is 22.8. The van der Waals surface area contributed by atoms with E-state index in [4.69, 9.17) is 9.97 Å². The van der Waals surface area contributed by atoms with Gasteiger partial charge in [-0.3, -0.25) is 4.57 Å². The summed E-state index contributed by atoms with van der Waals surface area (Å²) in [6.07, 6.45) is 11.9. The van der Waals surface area contributed by atoms with Crippen LogP contribution in [0.4, 0.5) is 11.8 Å². The lowest BCUT2D eigenvalue weighted by atomic mass is 10.0. The molecule has 7 heteroatoms. The Bertz CT molecular complexity index is 818. The average molecular weight is 368 g/mol. The smallest absolute Gasteiger partial charge is 0.227 e. The summed E-state index contributed by atoms with van der Waals surface area (Å²) in [4.78, 5) is 14.8. The number of aryl methyl sites for hydroxylation is 1. The molecule has 7 nitrogen and oxygen atoms in total. The minimum atomic E-state index is 0.242. The SMILES string of the molecule is CCC1c2nnc(C)n2-c2cnc(N3CCCCC3)nc2N1C1CCCC1. The van der Waals surface area contributed by atoms with Crippen LogP contribution in [0, 0.1) is 6.92 Å². The number of hydrogen-bond acceptors (Lipinski definition) is 6. The van der Waals surface area contributed by atoms with Crippen molar-refractivity contribution in [3.63, 3.8) is 0 Å². The van der Waals surface area contributed by atoms with Crippen LogP contribution in [0.2, 0.25) is 0 Å². The highest BCUT2D eigenvalue weighted by molar-refractivity contribution is 5.64. The third-order valence-corrected chi connectivity index (χ3v) is 6.45. The Balaban J connectivity index is 1.64. The molecule has 0 amide bonds. The lowest BCUT2D eigenvalue weighted by Crippen LogP contribution is -2.42. The Morgan fingerprint density at radius 1 is 1.04 bits per heavy atom. The van der Waals surface area contributed by atoms with Crippen molar-refractivity contribution in [3.8, 4) is 5.69 Å². The zero-order valence-electron chi connectivity index (χ0n) is 16.4. The second-order valence-corrected chi connectivity index (χ2v) is 8.14. The topological polar surface area (TPSA) is 63.0 Å². The molecule has 1 unspecified atom stereocenters. The first-order valence-electron chi connectivity index (χ1n) is 10.6. The van der Waals surface area contributed by atoms with Gasteiger partial charge in [0.25, 0.3) is 0 Å². The highest BCUT2D eigenvalue weighted by Gasteiger charge is 2.39. The van der Waals surface area contributed by atoms with E-state index < -0.39 is 0 Å². The maximum absolute atomic E-state index is 5.15. The van der Waals surface area contributed by atoms with Crippen LogP contribution in [-0.4, -0.2) is 43.9 Å². The fraction of sp³-hybridized carbons (Fsp3) is 0.700. The number of nitrogens with zero attached hydrogens (tertiary/aromatic N) is 7. The molecule has 1 saturated heterocycles. The van der Waals surface area contributed by atoms with Gasteiger partial charge >= 0.3 is 0 Å². The Hall–Kier alpha value is -2.18. The van der Waals surface area contributed by atoms with Gasteiger partial charge in [0, 0.05) is 19.1 Å². The van der Waals surface area contributed by atoms with Crippen molar-refractivity contribution in [1.82, 2.24) is 24.7 Å². The maximum Gasteiger partial charge on any atom is 0.227 e. The molecular formula is C20H29N7. The van der Waals surface area contributed by atoms with E-state index >= 15 is 0 Å². The summed E-state index contributed by atoms with van der Waals surface area (Å²) in [7, 11) is 0. The summed E-state index contributed by atoms with van der Waals surface area (Å²) in [6, 6.07) is 0.787. The summed E-state index contributed by atoms with van der Waals surface area (Å²) in [5.41, 5.74) is 1.05. The van der Waals surface area contributed by atoms with Crippen molar-refractivity contribution in [2.75, 3.05) is 22.9 Å². The predicted molar refractivity (Wildman–Crippen MR) is 106 cm³/mol. The summed E-state index contributed by atoms with van der Waals surface area (Å²) in [6.45, 7) is 6.40. The predicted octanol–water partition coefficient (Wildman–Crippen LogP) is 3.57. The highest BCUT2D eigenvalue weighted by Crippen LogP contribution is 2.43. The quantitative estimate of drug-likeness (QED) is 0.826. The molecule has 27 heavy (non-hydrogen) atoms. The Kier molecular flexibility index (Phi) is 4.25. The third kappa shape index (κ3) is 2.70. The van der Waals surface area contributed by atoms with Crippen molar-refractivity contribution in [1.29, 1.82) is 0 Å². The van der Waals surface area contributed by atoms with Crippen molar-refractivity contribution >= 4 is 11.8 Å².